The van der Waals surface area contributed by atoms with Gasteiger partial charge in [-0.2, -0.15) is 0 Å². The molecular formula is C26H32N2O3. The maximum atomic E-state index is 13.7. The fourth-order valence-corrected chi connectivity index (χ4v) is 4.51. The Morgan fingerprint density at radius 3 is 2.48 bits per heavy atom. The molecule has 3 aromatic rings. The third-order valence-electron chi connectivity index (χ3n) is 6.13. The van der Waals surface area contributed by atoms with Gasteiger partial charge in [-0.3, -0.25) is 4.79 Å². The van der Waals surface area contributed by atoms with Gasteiger partial charge in [0.25, 0.3) is 5.91 Å². The number of carbonyl (C=O) groups is 1. The van der Waals surface area contributed by atoms with E-state index < -0.39 is 0 Å². The third-order valence-corrected chi connectivity index (χ3v) is 6.13. The molecule has 1 atom stereocenters. The van der Waals surface area contributed by atoms with Crippen LogP contribution in [0, 0.1) is 20.8 Å². The van der Waals surface area contributed by atoms with Gasteiger partial charge in [0.2, 0.25) is 0 Å². The number of aryl methyl sites for hydroxylation is 3. The van der Waals surface area contributed by atoms with E-state index in [1.807, 2.05) is 38.9 Å². The molecule has 0 unspecified atom stereocenters. The number of benzene rings is 2. The first-order valence-electron chi connectivity index (χ1n) is 11.0. The maximum absolute atomic E-state index is 13.7. The summed E-state index contributed by atoms with van der Waals surface area (Å²) >= 11 is 0. The van der Waals surface area contributed by atoms with E-state index in [2.05, 4.69) is 42.2 Å². The molecule has 0 aliphatic carbocycles. The Kier molecular flexibility index (Phi) is 6.05. The van der Waals surface area contributed by atoms with Crippen molar-refractivity contribution in [3.05, 3.63) is 64.4 Å². The van der Waals surface area contributed by atoms with Crippen LogP contribution in [0.1, 0.15) is 45.7 Å². The van der Waals surface area contributed by atoms with E-state index in [-0.39, 0.29) is 12.0 Å². The normalized spacial score (nSPS) is 16.1. The summed E-state index contributed by atoms with van der Waals surface area (Å²) in [4.78, 5) is 17.6. The Bertz CT molecular complexity index is 1080. The fraction of sp³-hybridized carbons (Fsp3) is 0.423. The number of rotatable bonds is 6. The van der Waals surface area contributed by atoms with Crippen molar-refractivity contribution >= 4 is 22.6 Å². The van der Waals surface area contributed by atoms with E-state index in [0.717, 1.165) is 58.4 Å². The van der Waals surface area contributed by atoms with Gasteiger partial charge in [0.1, 0.15) is 5.58 Å². The molecule has 1 fully saturated rings. The highest BCUT2D eigenvalue weighted by Gasteiger charge is 2.28. The molecule has 2 heterocycles. The lowest BCUT2D eigenvalue weighted by Gasteiger charge is -2.25. The van der Waals surface area contributed by atoms with Gasteiger partial charge in [0, 0.05) is 50.4 Å². The second-order valence-corrected chi connectivity index (χ2v) is 8.89. The van der Waals surface area contributed by atoms with Crippen molar-refractivity contribution < 1.29 is 13.9 Å². The molecule has 0 N–H and O–H groups in total. The standard InChI is InChI=1S/C26H32N2O3/c1-17-13-18(2)24-19(3)25(31-23(24)14-17)26(29)28(16-22-7-6-12-30-22)15-20-8-10-21(11-9-20)27(4)5/h8-11,13-14,22H,6-7,12,15-16H2,1-5H3/t22-/m0/s1. The zero-order chi connectivity index (χ0) is 22.1. The third kappa shape index (κ3) is 4.47. The summed E-state index contributed by atoms with van der Waals surface area (Å²) in [5.74, 6) is 0.365. The highest BCUT2D eigenvalue weighted by atomic mass is 16.5. The Hall–Kier alpha value is -2.79. The van der Waals surface area contributed by atoms with Crippen LogP contribution in [0.2, 0.25) is 0 Å². The van der Waals surface area contributed by atoms with Gasteiger partial charge < -0.3 is 19.0 Å². The lowest BCUT2D eigenvalue weighted by atomic mass is 10.0. The van der Waals surface area contributed by atoms with E-state index >= 15 is 0 Å². The van der Waals surface area contributed by atoms with Crippen molar-refractivity contribution in [2.75, 3.05) is 32.1 Å². The summed E-state index contributed by atoms with van der Waals surface area (Å²) in [5.41, 5.74) is 6.20. The SMILES string of the molecule is Cc1cc(C)c2c(C)c(C(=O)N(Cc3ccc(N(C)C)cc3)C[C@@H]3CCCO3)oc2c1. The predicted molar refractivity (Wildman–Crippen MR) is 125 cm³/mol. The Morgan fingerprint density at radius 2 is 1.84 bits per heavy atom. The molecule has 0 bridgehead atoms. The fourth-order valence-electron chi connectivity index (χ4n) is 4.51. The number of furan rings is 1. The van der Waals surface area contributed by atoms with Crippen molar-refractivity contribution in [1.82, 2.24) is 4.90 Å². The number of fused-ring (bicyclic) bond motifs is 1. The monoisotopic (exact) mass is 420 g/mol. The van der Waals surface area contributed by atoms with Crippen LogP contribution >= 0.6 is 0 Å². The van der Waals surface area contributed by atoms with Gasteiger partial charge in [0.05, 0.1) is 6.10 Å². The van der Waals surface area contributed by atoms with Gasteiger partial charge >= 0.3 is 0 Å². The molecule has 31 heavy (non-hydrogen) atoms. The van der Waals surface area contributed by atoms with Gasteiger partial charge in [-0.05, 0) is 68.5 Å². The average Bonchev–Trinajstić information content (AvgIpc) is 3.35. The number of amides is 1. The lowest BCUT2D eigenvalue weighted by molar-refractivity contribution is 0.0485. The molecule has 5 nitrogen and oxygen atoms in total. The van der Waals surface area contributed by atoms with Crippen molar-refractivity contribution in [3.8, 4) is 0 Å². The van der Waals surface area contributed by atoms with E-state index in [0.29, 0.717) is 18.8 Å². The molecule has 1 aliphatic rings. The van der Waals surface area contributed by atoms with Crippen molar-refractivity contribution in [2.24, 2.45) is 0 Å². The van der Waals surface area contributed by atoms with Gasteiger partial charge in [-0.15, -0.1) is 0 Å². The van der Waals surface area contributed by atoms with Crippen molar-refractivity contribution in [1.29, 1.82) is 0 Å². The first-order chi connectivity index (χ1) is 14.8. The molecule has 2 aromatic carbocycles. The van der Waals surface area contributed by atoms with Crippen molar-refractivity contribution in [2.45, 2.75) is 46.3 Å². The Labute approximate surface area is 184 Å². The molecule has 1 amide bonds. The minimum Gasteiger partial charge on any atom is -0.451 e. The molecule has 1 aromatic heterocycles. The molecule has 164 valence electrons. The highest BCUT2D eigenvalue weighted by Crippen LogP contribution is 2.31. The zero-order valence-corrected chi connectivity index (χ0v) is 19.2. The second kappa shape index (κ2) is 8.75. The minimum absolute atomic E-state index is 0.0714. The molecule has 0 spiro atoms. The van der Waals surface area contributed by atoms with Crippen LogP contribution in [-0.4, -0.2) is 44.2 Å². The van der Waals surface area contributed by atoms with Crippen LogP contribution in [0.25, 0.3) is 11.0 Å². The molecule has 0 radical (unpaired) electrons. The molecule has 4 rings (SSSR count). The first-order valence-corrected chi connectivity index (χ1v) is 11.0. The summed E-state index contributed by atoms with van der Waals surface area (Å²) in [7, 11) is 4.05. The molecule has 1 aliphatic heterocycles. The summed E-state index contributed by atoms with van der Waals surface area (Å²) in [5, 5.41) is 1.04. The van der Waals surface area contributed by atoms with E-state index in [1.54, 1.807) is 0 Å². The highest BCUT2D eigenvalue weighted by molar-refractivity contribution is 6.00. The number of anilines is 1. The second-order valence-electron chi connectivity index (χ2n) is 8.89. The van der Waals surface area contributed by atoms with Gasteiger partial charge in [0.15, 0.2) is 5.76 Å². The molecular weight excluding hydrogens is 388 g/mol. The van der Waals surface area contributed by atoms with Crippen LogP contribution in [0.5, 0.6) is 0 Å². The first kappa shape index (κ1) is 21.4. The summed E-state index contributed by atoms with van der Waals surface area (Å²) in [6, 6.07) is 12.5. The maximum Gasteiger partial charge on any atom is 0.290 e. The quantitative estimate of drug-likeness (QED) is 0.547. The topological polar surface area (TPSA) is 45.9 Å². The summed E-state index contributed by atoms with van der Waals surface area (Å²) in [6.45, 7) is 7.98. The molecule has 1 saturated heterocycles. The number of hydrogen-bond acceptors (Lipinski definition) is 4. The van der Waals surface area contributed by atoms with Gasteiger partial charge in [-0.25, -0.2) is 0 Å². The summed E-state index contributed by atoms with van der Waals surface area (Å²) in [6.07, 6.45) is 2.12. The number of hydrogen-bond donors (Lipinski definition) is 0. The smallest absolute Gasteiger partial charge is 0.290 e. The van der Waals surface area contributed by atoms with Crippen LogP contribution in [0.3, 0.4) is 0 Å². The largest absolute Gasteiger partial charge is 0.451 e. The van der Waals surface area contributed by atoms with E-state index in [1.165, 1.54) is 0 Å². The van der Waals surface area contributed by atoms with Crippen LogP contribution in [0.4, 0.5) is 5.69 Å². The number of nitrogens with zero attached hydrogens (tertiary/aromatic N) is 2. The number of carbonyl (C=O) groups excluding carboxylic acids is 1. The van der Waals surface area contributed by atoms with Crippen molar-refractivity contribution in [3.63, 3.8) is 0 Å². The summed E-state index contributed by atoms with van der Waals surface area (Å²) < 4.78 is 12.0. The van der Waals surface area contributed by atoms with E-state index in [4.69, 9.17) is 9.15 Å². The Morgan fingerprint density at radius 1 is 1.10 bits per heavy atom. The van der Waals surface area contributed by atoms with Gasteiger partial charge in [-0.1, -0.05) is 18.2 Å². The average molecular weight is 421 g/mol. The van der Waals surface area contributed by atoms with Crippen LogP contribution < -0.4 is 4.90 Å². The van der Waals surface area contributed by atoms with Crippen LogP contribution in [-0.2, 0) is 11.3 Å². The lowest BCUT2D eigenvalue weighted by Crippen LogP contribution is -2.37. The van der Waals surface area contributed by atoms with Crippen LogP contribution in [0.15, 0.2) is 40.8 Å². The zero-order valence-electron chi connectivity index (χ0n) is 19.2. The number of ether oxygens (including phenoxy) is 1. The molecule has 0 saturated carbocycles. The van der Waals surface area contributed by atoms with E-state index in [9.17, 15) is 4.79 Å². The predicted octanol–water partition coefficient (Wildman–Crippen LogP) is 5.25. The minimum atomic E-state index is -0.0714. The Balaban J connectivity index is 1.65. The molecule has 5 heteroatoms.